The summed E-state index contributed by atoms with van der Waals surface area (Å²) in [6.07, 6.45) is 0.499. The van der Waals surface area contributed by atoms with Gasteiger partial charge in [-0.15, -0.1) is 0 Å². The molecule has 1 aliphatic rings. The maximum Gasteiger partial charge on any atom is 0.326 e. The number of aliphatic carboxylic acids is 1. The third-order valence-electron chi connectivity index (χ3n) is 3.74. The van der Waals surface area contributed by atoms with Crippen molar-refractivity contribution in [3.63, 3.8) is 0 Å². The van der Waals surface area contributed by atoms with Crippen LogP contribution in [0.15, 0.2) is 46.9 Å². The van der Waals surface area contributed by atoms with Crippen molar-refractivity contribution in [2.24, 2.45) is 0 Å². The van der Waals surface area contributed by atoms with Gasteiger partial charge in [-0.1, -0.05) is 39.7 Å². The highest BCUT2D eigenvalue weighted by Crippen LogP contribution is 2.40. The third kappa shape index (κ3) is 2.92. The van der Waals surface area contributed by atoms with Crippen molar-refractivity contribution in [3.05, 3.63) is 63.1 Å². The first-order chi connectivity index (χ1) is 10.0. The van der Waals surface area contributed by atoms with Crippen LogP contribution < -0.4 is 5.32 Å². The van der Waals surface area contributed by atoms with Gasteiger partial charge in [-0.2, -0.15) is 0 Å². The summed E-state index contributed by atoms with van der Waals surface area (Å²) in [6, 6.07) is 12.9. The highest BCUT2D eigenvalue weighted by Gasteiger charge is 2.31. The number of halogens is 2. The first-order valence-electron chi connectivity index (χ1n) is 6.59. The molecule has 0 aromatic heterocycles. The van der Waals surface area contributed by atoms with Gasteiger partial charge in [0, 0.05) is 21.1 Å². The zero-order valence-electron chi connectivity index (χ0n) is 11.0. The fourth-order valence-electron chi connectivity index (χ4n) is 2.76. The van der Waals surface area contributed by atoms with Crippen molar-refractivity contribution in [1.82, 2.24) is 0 Å². The number of rotatable bonds is 2. The first kappa shape index (κ1) is 14.4. The second kappa shape index (κ2) is 5.70. The predicted octanol–water partition coefficient (Wildman–Crippen LogP) is 4.50. The molecule has 1 heterocycles. The van der Waals surface area contributed by atoms with Crippen LogP contribution in [0.4, 0.5) is 5.69 Å². The Bertz CT molecular complexity index is 704. The van der Waals surface area contributed by atoms with Gasteiger partial charge in [-0.3, -0.25) is 0 Å². The van der Waals surface area contributed by atoms with Gasteiger partial charge in [0.15, 0.2) is 0 Å². The van der Waals surface area contributed by atoms with E-state index in [9.17, 15) is 9.90 Å². The Labute approximate surface area is 136 Å². The molecule has 3 nitrogen and oxygen atoms in total. The van der Waals surface area contributed by atoms with Crippen LogP contribution in [-0.4, -0.2) is 17.1 Å². The number of hydrogen-bond donors (Lipinski definition) is 2. The van der Waals surface area contributed by atoms with Crippen molar-refractivity contribution in [1.29, 1.82) is 0 Å². The number of benzene rings is 2. The normalized spacial score (nSPS) is 20.5. The smallest absolute Gasteiger partial charge is 0.326 e. The molecule has 0 saturated heterocycles. The summed E-state index contributed by atoms with van der Waals surface area (Å²) in [4.78, 5) is 11.4. The number of carbonyl (C=O) groups is 1. The van der Waals surface area contributed by atoms with Crippen LogP contribution in [0.25, 0.3) is 0 Å². The molecule has 0 fully saturated rings. The maximum atomic E-state index is 11.4. The number of nitrogens with one attached hydrogen (secondary N) is 1. The van der Waals surface area contributed by atoms with Gasteiger partial charge in [-0.25, -0.2) is 4.79 Å². The molecule has 108 valence electrons. The molecule has 0 radical (unpaired) electrons. The summed E-state index contributed by atoms with van der Waals surface area (Å²) in [7, 11) is 0. The number of hydrogen-bond acceptors (Lipinski definition) is 2. The Morgan fingerprint density at radius 1 is 1.29 bits per heavy atom. The summed E-state index contributed by atoms with van der Waals surface area (Å²) in [5, 5.41) is 13.1. The lowest BCUT2D eigenvalue weighted by Gasteiger charge is -2.31. The standard InChI is InChI=1S/C16H13BrClNO2/c17-10-3-1-2-9(6-10)12-8-15(16(20)21)19-14-5-4-11(18)7-13(12)14/h1-7,12,15,19H,8H2,(H,20,21). The first-order valence-corrected chi connectivity index (χ1v) is 7.76. The van der Waals surface area contributed by atoms with Crippen molar-refractivity contribution < 1.29 is 9.90 Å². The Hall–Kier alpha value is -1.52. The molecule has 2 aromatic rings. The quantitative estimate of drug-likeness (QED) is 0.822. The highest BCUT2D eigenvalue weighted by molar-refractivity contribution is 9.10. The SMILES string of the molecule is O=C(O)C1CC(c2cccc(Br)c2)c2cc(Cl)ccc2N1. The number of carboxylic acid groups (broad SMARTS) is 1. The van der Waals surface area contributed by atoms with Gasteiger partial charge in [0.05, 0.1) is 0 Å². The molecule has 2 atom stereocenters. The van der Waals surface area contributed by atoms with Gasteiger partial charge in [0.1, 0.15) is 6.04 Å². The monoisotopic (exact) mass is 365 g/mol. The Kier molecular flexibility index (Phi) is 3.91. The van der Waals surface area contributed by atoms with E-state index in [2.05, 4.69) is 21.2 Å². The molecule has 0 bridgehead atoms. The van der Waals surface area contributed by atoms with Crippen molar-refractivity contribution in [2.75, 3.05) is 5.32 Å². The lowest BCUT2D eigenvalue weighted by Crippen LogP contribution is -2.35. The van der Waals surface area contributed by atoms with Gasteiger partial charge in [0.2, 0.25) is 0 Å². The fraction of sp³-hybridized carbons (Fsp3) is 0.188. The van der Waals surface area contributed by atoms with Crippen molar-refractivity contribution in [3.8, 4) is 0 Å². The number of carboxylic acids is 1. The third-order valence-corrected chi connectivity index (χ3v) is 4.47. The number of anilines is 1. The minimum absolute atomic E-state index is 0.0125. The Morgan fingerprint density at radius 3 is 2.81 bits per heavy atom. The fourth-order valence-corrected chi connectivity index (χ4v) is 3.36. The molecule has 3 rings (SSSR count). The van der Waals surface area contributed by atoms with Gasteiger partial charge < -0.3 is 10.4 Å². The molecule has 0 saturated carbocycles. The summed E-state index contributed by atoms with van der Waals surface area (Å²) in [6.45, 7) is 0. The second-order valence-electron chi connectivity index (χ2n) is 5.11. The van der Waals surface area contributed by atoms with E-state index in [4.69, 9.17) is 11.6 Å². The van der Waals surface area contributed by atoms with E-state index in [0.29, 0.717) is 11.4 Å². The molecule has 5 heteroatoms. The molecule has 2 aromatic carbocycles. The number of fused-ring (bicyclic) bond motifs is 1. The molecule has 0 aliphatic carbocycles. The van der Waals surface area contributed by atoms with Crippen LogP contribution in [0.5, 0.6) is 0 Å². The van der Waals surface area contributed by atoms with Crippen LogP contribution >= 0.6 is 27.5 Å². The maximum absolute atomic E-state index is 11.4. The minimum Gasteiger partial charge on any atom is -0.480 e. The molecular weight excluding hydrogens is 354 g/mol. The van der Waals surface area contributed by atoms with Crippen molar-refractivity contribution >= 4 is 39.2 Å². The summed E-state index contributed by atoms with van der Waals surface area (Å²) >= 11 is 9.58. The Balaban J connectivity index is 2.10. The largest absolute Gasteiger partial charge is 0.480 e. The highest BCUT2D eigenvalue weighted by atomic mass is 79.9. The van der Waals surface area contributed by atoms with E-state index in [1.807, 2.05) is 36.4 Å². The predicted molar refractivity (Wildman–Crippen MR) is 87.1 cm³/mol. The zero-order chi connectivity index (χ0) is 15.0. The summed E-state index contributed by atoms with van der Waals surface area (Å²) < 4.78 is 0.981. The zero-order valence-corrected chi connectivity index (χ0v) is 13.4. The molecular formula is C16H13BrClNO2. The lowest BCUT2D eigenvalue weighted by atomic mass is 9.82. The topological polar surface area (TPSA) is 49.3 Å². The summed E-state index contributed by atoms with van der Waals surface area (Å²) in [5.41, 5.74) is 2.96. The Morgan fingerprint density at radius 2 is 2.10 bits per heavy atom. The molecule has 2 N–H and O–H groups in total. The lowest BCUT2D eigenvalue weighted by molar-refractivity contribution is -0.138. The van der Waals surface area contributed by atoms with Crippen LogP contribution in [0.2, 0.25) is 5.02 Å². The molecule has 21 heavy (non-hydrogen) atoms. The van der Waals surface area contributed by atoms with Gasteiger partial charge in [0.25, 0.3) is 0 Å². The van der Waals surface area contributed by atoms with Gasteiger partial charge in [-0.05, 0) is 47.9 Å². The van der Waals surface area contributed by atoms with E-state index >= 15 is 0 Å². The van der Waals surface area contributed by atoms with Crippen LogP contribution in [0.3, 0.4) is 0 Å². The minimum atomic E-state index is -0.837. The van der Waals surface area contributed by atoms with Crippen LogP contribution in [0.1, 0.15) is 23.5 Å². The molecule has 0 spiro atoms. The molecule has 0 amide bonds. The van der Waals surface area contributed by atoms with Crippen molar-refractivity contribution in [2.45, 2.75) is 18.4 Å². The van der Waals surface area contributed by atoms with E-state index in [1.54, 1.807) is 6.07 Å². The molecule has 2 unspecified atom stereocenters. The van der Waals surface area contributed by atoms with Crippen LogP contribution in [-0.2, 0) is 4.79 Å². The van der Waals surface area contributed by atoms with E-state index < -0.39 is 12.0 Å². The van der Waals surface area contributed by atoms with E-state index in [1.165, 1.54) is 0 Å². The summed E-state index contributed by atoms with van der Waals surface area (Å²) in [5.74, 6) is -0.825. The second-order valence-corrected chi connectivity index (χ2v) is 6.46. The average molecular weight is 367 g/mol. The molecule has 1 aliphatic heterocycles. The average Bonchev–Trinajstić information content (AvgIpc) is 2.46. The van der Waals surface area contributed by atoms with Gasteiger partial charge >= 0.3 is 5.97 Å². The van der Waals surface area contributed by atoms with E-state index in [0.717, 1.165) is 21.3 Å². The van der Waals surface area contributed by atoms with Crippen LogP contribution in [0, 0.1) is 0 Å². The van der Waals surface area contributed by atoms with E-state index in [-0.39, 0.29) is 5.92 Å².